The fraction of sp³-hybridized carbons (Fsp3) is 0.208. The highest BCUT2D eigenvalue weighted by Crippen LogP contribution is 2.38. The van der Waals surface area contributed by atoms with Crippen LogP contribution >= 0.6 is 15.9 Å². The van der Waals surface area contributed by atoms with Crippen LogP contribution in [0.2, 0.25) is 0 Å². The van der Waals surface area contributed by atoms with E-state index in [9.17, 15) is 4.79 Å². The van der Waals surface area contributed by atoms with Gasteiger partial charge >= 0.3 is 0 Å². The zero-order valence-electron chi connectivity index (χ0n) is 18.8. The van der Waals surface area contributed by atoms with E-state index in [0.29, 0.717) is 44.6 Å². The molecule has 0 fully saturated rings. The maximum atomic E-state index is 12.5. The number of methoxy groups -OCH3 is 2. The standard InChI is InChI=1S/C24H22BrN3O6/c1-14-10-21-27-24(29)16(23(26)28(21)34-14)11-15-12-17(25)22(20(13-15)31-3)33-9-8-32-19-7-5-4-6-18(19)30-2/h4-7,10-13,26H,8-9H2,1-3H3/b16-11+,26-23?. The quantitative estimate of drug-likeness (QED) is 0.401. The lowest BCUT2D eigenvalue weighted by atomic mass is 10.1. The van der Waals surface area contributed by atoms with Crippen molar-refractivity contribution in [2.24, 2.45) is 4.99 Å². The zero-order chi connectivity index (χ0) is 24.2. The van der Waals surface area contributed by atoms with Crippen molar-refractivity contribution in [3.63, 3.8) is 0 Å². The Morgan fingerprint density at radius 1 is 1.09 bits per heavy atom. The summed E-state index contributed by atoms with van der Waals surface area (Å²) in [6.07, 6.45) is 3.16. The number of ether oxygens (including phenoxy) is 4. The molecular weight excluding hydrogens is 506 g/mol. The third-order valence-electron chi connectivity index (χ3n) is 4.90. The number of para-hydroxylation sites is 2. The van der Waals surface area contributed by atoms with Gasteiger partial charge in [0.2, 0.25) is 0 Å². The van der Waals surface area contributed by atoms with Crippen LogP contribution in [0.4, 0.5) is 0 Å². The summed E-state index contributed by atoms with van der Waals surface area (Å²) in [5.74, 6) is 2.44. The summed E-state index contributed by atoms with van der Waals surface area (Å²) in [6.45, 7) is 2.27. The molecule has 176 valence electrons. The second-order valence-electron chi connectivity index (χ2n) is 7.20. The van der Waals surface area contributed by atoms with Crippen molar-refractivity contribution < 1.29 is 28.6 Å². The number of nitrogens with one attached hydrogen (secondary N) is 1. The van der Waals surface area contributed by atoms with Crippen molar-refractivity contribution in [2.75, 3.05) is 27.4 Å². The second-order valence-corrected chi connectivity index (χ2v) is 8.06. The van der Waals surface area contributed by atoms with Crippen LogP contribution in [0.25, 0.3) is 6.08 Å². The lowest BCUT2D eigenvalue weighted by Crippen LogP contribution is -2.38. The maximum absolute atomic E-state index is 12.5. The number of carbonyl (C=O) groups excluding carboxylic acids is 1. The van der Waals surface area contributed by atoms with Crippen LogP contribution in [0, 0.1) is 5.41 Å². The molecule has 2 aliphatic rings. The third kappa shape index (κ3) is 4.76. The first-order chi connectivity index (χ1) is 16.4. The molecule has 10 heteroatoms. The van der Waals surface area contributed by atoms with Gasteiger partial charge in [-0.05, 0) is 58.8 Å². The van der Waals surface area contributed by atoms with Crippen LogP contribution in [0.3, 0.4) is 0 Å². The zero-order valence-corrected chi connectivity index (χ0v) is 20.3. The van der Waals surface area contributed by atoms with Crippen LogP contribution in [0.15, 0.2) is 63.3 Å². The van der Waals surface area contributed by atoms with Gasteiger partial charge in [0.05, 0.1) is 24.3 Å². The number of fused-ring (bicyclic) bond motifs is 1. The van der Waals surface area contributed by atoms with Gasteiger partial charge in [0.15, 0.2) is 34.7 Å². The Hall–Kier alpha value is -3.79. The average molecular weight is 528 g/mol. The topological polar surface area (TPSA) is 103 Å². The summed E-state index contributed by atoms with van der Waals surface area (Å²) in [5.41, 5.74) is 0.719. The van der Waals surface area contributed by atoms with Crippen molar-refractivity contribution in [2.45, 2.75) is 6.92 Å². The molecule has 0 aromatic heterocycles. The van der Waals surface area contributed by atoms with E-state index in [4.69, 9.17) is 29.2 Å². The van der Waals surface area contributed by atoms with Gasteiger partial charge in [0.1, 0.15) is 19.0 Å². The Kier molecular flexibility index (Phi) is 6.87. The van der Waals surface area contributed by atoms with E-state index in [1.165, 1.54) is 12.2 Å². The number of carbonyl (C=O) groups is 1. The molecule has 0 spiro atoms. The molecule has 4 rings (SSSR count). The van der Waals surface area contributed by atoms with Crippen molar-refractivity contribution in [3.8, 4) is 23.0 Å². The third-order valence-corrected chi connectivity index (χ3v) is 5.49. The number of hydroxylamine groups is 2. The van der Waals surface area contributed by atoms with Gasteiger partial charge in [-0.1, -0.05) is 12.1 Å². The van der Waals surface area contributed by atoms with Crippen molar-refractivity contribution >= 4 is 39.6 Å². The monoisotopic (exact) mass is 527 g/mol. The van der Waals surface area contributed by atoms with Gasteiger partial charge in [0.25, 0.3) is 5.91 Å². The molecular formula is C24H22BrN3O6. The molecule has 0 unspecified atom stereocenters. The number of nitrogens with zero attached hydrogens (tertiary/aromatic N) is 2. The number of rotatable bonds is 8. The number of amides is 1. The van der Waals surface area contributed by atoms with Crippen molar-refractivity contribution in [3.05, 3.63) is 63.8 Å². The molecule has 1 N–H and O–H groups in total. The lowest BCUT2D eigenvalue weighted by molar-refractivity contribution is -0.114. The SMILES string of the molecule is COc1ccccc1OCCOc1c(Br)cc(/C=C2\C(=N)N3OC(C)=CC3=NC2=O)cc1OC. The number of hydrogen-bond acceptors (Lipinski definition) is 7. The number of allylic oxidation sites excluding steroid dienone is 1. The molecule has 34 heavy (non-hydrogen) atoms. The maximum Gasteiger partial charge on any atom is 0.282 e. The Bertz CT molecular complexity index is 1240. The second kappa shape index (κ2) is 10.0. The van der Waals surface area contributed by atoms with Gasteiger partial charge in [-0.2, -0.15) is 4.99 Å². The first-order valence-electron chi connectivity index (χ1n) is 10.3. The highest BCUT2D eigenvalue weighted by atomic mass is 79.9. The Morgan fingerprint density at radius 3 is 2.53 bits per heavy atom. The summed E-state index contributed by atoms with van der Waals surface area (Å²) in [4.78, 5) is 22.0. The van der Waals surface area contributed by atoms with Crippen molar-refractivity contribution in [1.29, 1.82) is 5.41 Å². The molecule has 0 saturated heterocycles. The van der Waals surface area contributed by atoms with Crippen LogP contribution in [-0.2, 0) is 9.63 Å². The Balaban J connectivity index is 1.48. The summed E-state index contributed by atoms with van der Waals surface area (Å²) < 4.78 is 23.0. The first kappa shape index (κ1) is 23.4. The predicted molar refractivity (Wildman–Crippen MR) is 130 cm³/mol. The number of aliphatic imine (C=N–C) groups is 1. The summed E-state index contributed by atoms with van der Waals surface area (Å²) >= 11 is 3.50. The largest absolute Gasteiger partial charge is 0.493 e. The van der Waals surface area contributed by atoms with E-state index in [1.54, 1.807) is 38.3 Å². The molecule has 0 aliphatic carbocycles. The lowest BCUT2D eigenvalue weighted by Gasteiger charge is -2.23. The fourth-order valence-electron chi connectivity index (χ4n) is 3.36. The van der Waals surface area contributed by atoms with Gasteiger partial charge in [-0.15, -0.1) is 5.06 Å². The van der Waals surface area contributed by atoms with Gasteiger partial charge in [-0.25, -0.2) is 0 Å². The Morgan fingerprint density at radius 2 is 1.79 bits per heavy atom. The molecule has 0 radical (unpaired) electrons. The van der Waals surface area contributed by atoms with E-state index >= 15 is 0 Å². The molecule has 0 bridgehead atoms. The highest BCUT2D eigenvalue weighted by molar-refractivity contribution is 9.10. The summed E-state index contributed by atoms with van der Waals surface area (Å²) in [5, 5.41) is 9.57. The number of hydrogen-bond donors (Lipinski definition) is 1. The van der Waals surface area contributed by atoms with Crippen molar-refractivity contribution in [1.82, 2.24) is 5.06 Å². The molecule has 0 saturated carbocycles. The normalized spacial score (nSPS) is 16.0. The molecule has 2 heterocycles. The summed E-state index contributed by atoms with van der Waals surface area (Å²) in [7, 11) is 3.11. The van der Waals surface area contributed by atoms with Gasteiger partial charge in [0, 0.05) is 6.08 Å². The minimum absolute atomic E-state index is 0.0907. The van der Waals surface area contributed by atoms with E-state index in [-0.39, 0.29) is 24.6 Å². The molecule has 9 nitrogen and oxygen atoms in total. The van der Waals surface area contributed by atoms with E-state index < -0.39 is 5.91 Å². The van der Waals surface area contributed by atoms with Crippen LogP contribution in [0.1, 0.15) is 12.5 Å². The minimum atomic E-state index is -0.519. The smallest absolute Gasteiger partial charge is 0.282 e. The number of benzene rings is 2. The van der Waals surface area contributed by atoms with Crippen LogP contribution in [0.5, 0.6) is 23.0 Å². The summed E-state index contributed by atoms with van der Waals surface area (Å²) in [6, 6.07) is 10.8. The molecule has 2 aliphatic heterocycles. The molecule has 0 atom stereocenters. The van der Waals surface area contributed by atoms with Crippen LogP contribution < -0.4 is 18.9 Å². The van der Waals surface area contributed by atoms with Gasteiger partial charge in [-0.3, -0.25) is 10.2 Å². The Labute approximate surface area is 204 Å². The average Bonchev–Trinajstić information content (AvgIpc) is 3.20. The molecule has 2 aromatic carbocycles. The first-order valence-corrected chi connectivity index (χ1v) is 11.1. The van der Waals surface area contributed by atoms with Gasteiger partial charge < -0.3 is 23.8 Å². The predicted octanol–water partition coefficient (Wildman–Crippen LogP) is 4.37. The molecule has 1 amide bonds. The fourth-order valence-corrected chi connectivity index (χ4v) is 3.94. The van der Waals surface area contributed by atoms with E-state index in [1.807, 2.05) is 24.3 Å². The van der Waals surface area contributed by atoms with E-state index in [2.05, 4.69) is 20.9 Å². The number of amidine groups is 2. The van der Waals surface area contributed by atoms with Crippen LogP contribution in [-0.4, -0.2) is 50.1 Å². The number of halogens is 1. The minimum Gasteiger partial charge on any atom is -0.493 e. The highest BCUT2D eigenvalue weighted by Gasteiger charge is 2.34. The molecule has 2 aromatic rings. The van der Waals surface area contributed by atoms with E-state index in [0.717, 1.165) is 0 Å².